The van der Waals surface area contributed by atoms with Gasteiger partial charge in [-0.1, -0.05) is 43.2 Å². The van der Waals surface area contributed by atoms with Crippen molar-refractivity contribution in [3.63, 3.8) is 0 Å². The van der Waals surface area contributed by atoms with Crippen LogP contribution in [0.25, 0.3) is 0 Å². The molecule has 0 unspecified atom stereocenters. The van der Waals surface area contributed by atoms with Crippen LogP contribution in [0.1, 0.15) is 48.0 Å². The predicted molar refractivity (Wildman–Crippen MR) is 107 cm³/mol. The Morgan fingerprint density at radius 3 is 2.32 bits per heavy atom. The number of benzene rings is 2. The molecule has 0 N–H and O–H groups in total. The smallest absolute Gasteiger partial charge is 0.307 e. The van der Waals surface area contributed by atoms with E-state index in [2.05, 4.69) is 0 Å². The van der Waals surface area contributed by atoms with Crippen molar-refractivity contribution in [2.75, 3.05) is 13.7 Å². The third kappa shape index (κ3) is 5.35. The van der Waals surface area contributed by atoms with E-state index < -0.39 is 0 Å². The summed E-state index contributed by atoms with van der Waals surface area (Å²) in [6.45, 7) is 0.879. The Morgan fingerprint density at radius 1 is 1.00 bits per heavy atom. The van der Waals surface area contributed by atoms with Gasteiger partial charge in [-0.2, -0.15) is 0 Å². The van der Waals surface area contributed by atoms with Gasteiger partial charge in [0, 0.05) is 18.2 Å². The lowest BCUT2D eigenvalue weighted by Crippen LogP contribution is -2.40. The Kier molecular flexibility index (Phi) is 7.06. The molecule has 0 radical (unpaired) electrons. The van der Waals surface area contributed by atoms with E-state index in [1.165, 1.54) is 7.11 Å². The van der Waals surface area contributed by atoms with Crippen molar-refractivity contribution >= 4 is 11.9 Å². The second-order valence-corrected chi connectivity index (χ2v) is 7.06. The first-order valence-corrected chi connectivity index (χ1v) is 9.82. The number of carbonyl (C=O) groups is 2. The highest BCUT2D eigenvalue weighted by atomic mass is 16.5. The summed E-state index contributed by atoms with van der Waals surface area (Å²) < 4.78 is 10.5. The SMILES string of the molecule is COC(=O)CCN(C(=O)c1ccc(OCc2ccccc2)cc1)C1CCCC1. The Hall–Kier alpha value is -2.82. The molecule has 5 heteroatoms. The van der Waals surface area contributed by atoms with Crippen molar-refractivity contribution in [2.45, 2.75) is 44.8 Å². The standard InChI is InChI=1S/C23H27NO4/c1-27-22(25)15-16-24(20-9-5-6-10-20)23(26)19-11-13-21(14-12-19)28-17-18-7-3-2-4-8-18/h2-4,7-8,11-14,20H,5-6,9-10,15-17H2,1H3. The summed E-state index contributed by atoms with van der Waals surface area (Å²) in [6.07, 6.45) is 4.45. The molecule has 2 aromatic carbocycles. The first kappa shape index (κ1) is 19.9. The van der Waals surface area contributed by atoms with Crippen LogP contribution in [-0.4, -0.2) is 36.5 Å². The van der Waals surface area contributed by atoms with Crippen LogP contribution in [0.3, 0.4) is 0 Å². The van der Waals surface area contributed by atoms with E-state index in [1.807, 2.05) is 47.4 Å². The summed E-state index contributed by atoms with van der Waals surface area (Å²) in [4.78, 5) is 26.4. The van der Waals surface area contributed by atoms with Crippen LogP contribution in [0.2, 0.25) is 0 Å². The number of carbonyl (C=O) groups excluding carboxylic acids is 2. The molecular formula is C23H27NO4. The monoisotopic (exact) mass is 381 g/mol. The number of nitrogens with zero attached hydrogens (tertiary/aromatic N) is 1. The molecule has 148 valence electrons. The van der Waals surface area contributed by atoms with Crippen LogP contribution < -0.4 is 4.74 Å². The topological polar surface area (TPSA) is 55.8 Å². The Balaban J connectivity index is 1.63. The van der Waals surface area contributed by atoms with Gasteiger partial charge >= 0.3 is 5.97 Å². The molecule has 1 aliphatic rings. The van der Waals surface area contributed by atoms with E-state index in [-0.39, 0.29) is 24.3 Å². The largest absolute Gasteiger partial charge is 0.489 e. The zero-order valence-electron chi connectivity index (χ0n) is 16.3. The second kappa shape index (κ2) is 9.93. The van der Waals surface area contributed by atoms with Gasteiger partial charge in [-0.15, -0.1) is 0 Å². The van der Waals surface area contributed by atoms with E-state index in [0.717, 1.165) is 37.0 Å². The zero-order valence-corrected chi connectivity index (χ0v) is 16.3. The molecule has 0 heterocycles. The lowest BCUT2D eigenvalue weighted by Gasteiger charge is -2.29. The van der Waals surface area contributed by atoms with Gasteiger partial charge in [0.25, 0.3) is 5.91 Å². The number of hydrogen-bond acceptors (Lipinski definition) is 4. The minimum absolute atomic E-state index is 0.0367. The van der Waals surface area contributed by atoms with Crippen molar-refractivity contribution in [2.24, 2.45) is 0 Å². The fourth-order valence-corrected chi connectivity index (χ4v) is 3.58. The Labute approximate surface area is 166 Å². The van der Waals surface area contributed by atoms with Crippen LogP contribution in [0.15, 0.2) is 54.6 Å². The summed E-state index contributed by atoms with van der Waals surface area (Å²) in [7, 11) is 1.37. The van der Waals surface area contributed by atoms with Crippen LogP contribution in [-0.2, 0) is 16.1 Å². The fourth-order valence-electron chi connectivity index (χ4n) is 3.58. The molecule has 0 spiro atoms. The van der Waals surface area contributed by atoms with Crippen molar-refractivity contribution in [3.8, 4) is 5.75 Å². The lowest BCUT2D eigenvalue weighted by atomic mass is 10.1. The van der Waals surface area contributed by atoms with Crippen molar-refractivity contribution < 1.29 is 19.1 Å². The first-order chi connectivity index (χ1) is 13.7. The molecule has 1 fully saturated rings. The van der Waals surface area contributed by atoms with Gasteiger partial charge in [-0.25, -0.2) is 0 Å². The maximum atomic E-state index is 13.1. The van der Waals surface area contributed by atoms with E-state index in [9.17, 15) is 9.59 Å². The van der Waals surface area contributed by atoms with Crippen LogP contribution in [0.4, 0.5) is 0 Å². The van der Waals surface area contributed by atoms with Gasteiger partial charge in [0.15, 0.2) is 0 Å². The van der Waals surface area contributed by atoms with Crippen LogP contribution in [0.5, 0.6) is 5.75 Å². The minimum Gasteiger partial charge on any atom is -0.489 e. The van der Waals surface area contributed by atoms with Crippen molar-refractivity contribution in [3.05, 3.63) is 65.7 Å². The summed E-state index contributed by atoms with van der Waals surface area (Å²) in [5, 5.41) is 0. The second-order valence-electron chi connectivity index (χ2n) is 7.06. The highest BCUT2D eigenvalue weighted by Crippen LogP contribution is 2.26. The number of rotatable bonds is 8. The van der Waals surface area contributed by atoms with Crippen LogP contribution >= 0.6 is 0 Å². The molecular weight excluding hydrogens is 354 g/mol. The third-order valence-electron chi connectivity index (χ3n) is 5.16. The van der Waals surface area contributed by atoms with Gasteiger partial charge in [0.05, 0.1) is 13.5 Å². The van der Waals surface area contributed by atoms with Gasteiger partial charge < -0.3 is 14.4 Å². The van der Waals surface area contributed by atoms with Crippen molar-refractivity contribution in [1.82, 2.24) is 4.90 Å². The zero-order chi connectivity index (χ0) is 19.8. The van der Waals surface area contributed by atoms with Gasteiger partial charge in [0.2, 0.25) is 0 Å². The first-order valence-electron chi connectivity index (χ1n) is 9.82. The summed E-state index contributed by atoms with van der Waals surface area (Å²) >= 11 is 0. The quantitative estimate of drug-likeness (QED) is 0.643. The summed E-state index contributed by atoms with van der Waals surface area (Å²) in [6, 6.07) is 17.4. The normalized spacial score (nSPS) is 13.9. The molecule has 2 aromatic rings. The number of ether oxygens (including phenoxy) is 2. The number of amides is 1. The van der Waals surface area contributed by atoms with E-state index in [1.54, 1.807) is 12.1 Å². The average molecular weight is 381 g/mol. The average Bonchev–Trinajstić information content (AvgIpc) is 3.27. The van der Waals surface area contributed by atoms with E-state index in [0.29, 0.717) is 18.7 Å². The van der Waals surface area contributed by atoms with Gasteiger partial charge in [-0.05, 0) is 42.7 Å². The number of esters is 1. The molecule has 0 saturated heterocycles. The molecule has 28 heavy (non-hydrogen) atoms. The van der Waals surface area contributed by atoms with E-state index >= 15 is 0 Å². The predicted octanol–water partition coefficient (Wildman–Crippen LogP) is 4.21. The summed E-state index contributed by atoms with van der Waals surface area (Å²) in [5.41, 5.74) is 1.71. The highest BCUT2D eigenvalue weighted by Gasteiger charge is 2.27. The molecule has 0 bridgehead atoms. The molecule has 0 aromatic heterocycles. The fraction of sp³-hybridized carbons (Fsp3) is 0.391. The highest BCUT2D eigenvalue weighted by molar-refractivity contribution is 5.94. The van der Waals surface area contributed by atoms with E-state index in [4.69, 9.17) is 9.47 Å². The molecule has 5 nitrogen and oxygen atoms in total. The number of methoxy groups -OCH3 is 1. The Bertz CT molecular complexity index is 767. The molecule has 0 atom stereocenters. The van der Waals surface area contributed by atoms with Crippen LogP contribution in [0, 0.1) is 0 Å². The Morgan fingerprint density at radius 2 is 1.68 bits per heavy atom. The van der Waals surface area contributed by atoms with Gasteiger partial charge in [0.1, 0.15) is 12.4 Å². The number of hydrogen-bond donors (Lipinski definition) is 0. The lowest BCUT2D eigenvalue weighted by molar-refractivity contribution is -0.140. The van der Waals surface area contributed by atoms with Crippen molar-refractivity contribution in [1.29, 1.82) is 0 Å². The molecule has 1 amide bonds. The van der Waals surface area contributed by atoms with Gasteiger partial charge in [-0.3, -0.25) is 9.59 Å². The molecule has 1 saturated carbocycles. The molecule has 0 aliphatic heterocycles. The maximum absolute atomic E-state index is 13.1. The third-order valence-corrected chi connectivity index (χ3v) is 5.16. The minimum atomic E-state index is -0.291. The maximum Gasteiger partial charge on any atom is 0.307 e. The molecule has 1 aliphatic carbocycles. The summed E-state index contributed by atoms with van der Waals surface area (Å²) in [5.74, 6) is 0.397. The molecule has 3 rings (SSSR count).